The molecule has 3 fully saturated rings. The van der Waals surface area contributed by atoms with E-state index >= 15 is 0 Å². The number of aromatic amines is 1. The Morgan fingerprint density at radius 2 is 1.02 bits per heavy atom. The summed E-state index contributed by atoms with van der Waals surface area (Å²) in [6, 6.07) is 51.9. The molecule has 6 heterocycles. The molecule has 0 saturated carbocycles. The predicted molar refractivity (Wildman–Crippen MR) is 353 cm³/mol. The average Bonchev–Trinajstić information content (AvgIpc) is 1.78. The number of H-pyrrole nitrogens is 1. The molecule has 17 nitrogen and oxygen atoms in total. The Kier molecular flexibility index (Phi) is 20.4. The molecule has 0 spiro atoms. The summed E-state index contributed by atoms with van der Waals surface area (Å²) in [5, 5.41) is 8.34. The molecule has 12 rings (SSSR count). The molecular weight excluding hydrogens is 1180 g/mol. The van der Waals surface area contributed by atoms with Crippen LogP contribution >= 0.6 is 22.7 Å². The molecule has 0 bridgehead atoms. The highest BCUT2D eigenvalue weighted by Gasteiger charge is 2.40. The zero-order valence-corrected chi connectivity index (χ0v) is 53.0. The SMILES string of the molecule is CC(C)OC(=O)N[C@@H](C(=O)N1CCC[C@H]1C(=O)Cc1ccc2[nH]c(-c3ccc(-c4cnc([C@@H]5CCCN5C(=O)[C@H](NC(=O)OC(C)C)c5ccccc5)s4)cc3)cc2c1)c1ccccc1.O=C(OCc1ccccc1)N1CCC[C@H]1c1ncc(-c2ccccc2)s1. The van der Waals surface area contributed by atoms with Crippen molar-refractivity contribution in [2.75, 3.05) is 19.6 Å². The summed E-state index contributed by atoms with van der Waals surface area (Å²) in [6.07, 6.45) is 6.42. The van der Waals surface area contributed by atoms with Gasteiger partial charge in [0.2, 0.25) is 0 Å². The lowest BCUT2D eigenvalue weighted by Gasteiger charge is -2.29. The number of carbonyl (C=O) groups excluding carboxylic acids is 6. The first-order chi connectivity index (χ1) is 44.2. The fourth-order valence-electron chi connectivity index (χ4n) is 12.0. The summed E-state index contributed by atoms with van der Waals surface area (Å²) < 4.78 is 16.2. The van der Waals surface area contributed by atoms with Crippen LogP contribution in [0.2, 0.25) is 0 Å². The van der Waals surface area contributed by atoms with Gasteiger partial charge in [-0.25, -0.2) is 24.4 Å². The van der Waals surface area contributed by atoms with Gasteiger partial charge in [0.15, 0.2) is 5.78 Å². The maximum Gasteiger partial charge on any atom is 0.410 e. The molecule has 3 aliphatic heterocycles. The Labute approximate surface area is 537 Å². The highest BCUT2D eigenvalue weighted by molar-refractivity contribution is 7.15. The van der Waals surface area contributed by atoms with Crippen LogP contribution in [-0.4, -0.2) is 103 Å². The molecule has 6 aromatic carbocycles. The molecule has 19 heteroatoms. The van der Waals surface area contributed by atoms with Crippen molar-refractivity contribution in [3.05, 3.63) is 215 Å². The van der Waals surface area contributed by atoms with Crippen molar-refractivity contribution < 1.29 is 43.0 Å². The second-order valence-corrected chi connectivity index (χ2v) is 25.6. The Morgan fingerprint density at radius 3 is 1.59 bits per heavy atom. The third kappa shape index (κ3) is 15.6. The maximum atomic E-state index is 14.1. The number of alkyl carbamates (subject to hydrolysis) is 2. The first-order valence-electron chi connectivity index (χ1n) is 31.1. The van der Waals surface area contributed by atoms with Crippen LogP contribution in [0.15, 0.2) is 182 Å². The van der Waals surface area contributed by atoms with E-state index in [4.69, 9.17) is 19.2 Å². The number of benzene rings is 6. The molecular formula is C72H74N8O9S2. The standard InChI is InChI=1S/C51H54N6O7S.C21H20N2O2S/c1-31(2)63-50(61)54-45(36-13-7-5-8-14-36)48(59)56-25-11-17-41(56)43(58)28-33-19-24-39-38(27-33)29-40(53-39)34-20-22-35(23-21-34)44-30-52-47(65-44)42-18-12-26-57(42)49(60)46(37-15-9-6-10-16-37)55-51(62)64-32(3)4;24-21(25-15-16-8-3-1-4-9-16)23-13-7-12-18(23)20-22-14-19(26-20)17-10-5-2-6-11-17/h5-10,13-16,19-24,27,29-32,41-42,45-46,53H,11-12,17-18,25-26,28H2,1-4H3,(H,54,61)(H,55,62);1-6,8-11,14,18H,7,12-13,15H2/t41-,42-,45+,46+;18-/m00/s1. The van der Waals surface area contributed by atoms with Gasteiger partial charge in [-0.2, -0.15) is 0 Å². The Morgan fingerprint density at radius 1 is 0.538 bits per heavy atom. The second kappa shape index (κ2) is 29.4. The van der Waals surface area contributed by atoms with E-state index in [2.05, 4.69) is 63.1 Å². The number of thiazole rings is 2. The van der Waals surface area contributed by atoms with E-state index in [1.54, 1.807) is 67.4 Å². The largest absolute Gasteiger partial charge is 0.447 e. The summed E-state index contributed by atoms with van der Waals surface area (Å²) in [5.41, 5.74) is 8.18. The summed E-state index contributed by atoms with van der Waals surface area (Å²) in [4.78, 5) is 100. The number of ketones is 1. The van der Waals surface area contributed by atoms with E-state index in [1.807, 2.05) is 137 Å². The van der Waals surface area contributed by atoms with Gasteiger partial charge in [0.05, 0.1) is 40.1 Å². The zero-order valence-electron chi connectivity index (χ0n) is 51.4. The molecule has 5 amide bonds. The van der Waals surface area contributed by atoms with Crippen LogP contribution in [0.4, 0.5) is 14.4 Å². The van der Waals surface area contributed by atoms with Crippen LogP contribution in [0.25, 0.3) is 43.0 Å². The number of hydrogen-bond acceptors (Lipinski definition) is 13. The topological polar surface area (TPSA) is 205 Å². The van der Waals surface area contributed by atoms with Crippen LogP contribution in [0.3, 0.4) is 0 Å². The van der Waals surface area contributed by atoms with Crippen molar-refractivity contribution in [1.29, 1.82) is 0 Å². The lowest BCUT2D eigenvalue weighted by Crippen LogP contribution is -2.48. The van der Waals surface area contributed by atoms with Gasteiger partial charge in [-0.3, -0.25) is 19.3 Å². The van der Waals surface area contributed by atoms with Gasteiger partial charge < -0.3 is 39.6 Å². The number of rotatable bonds is 18. The zero-order chi connectivity index (χ0) is 63.4. The second-order valence-electron chi connectivity index (χ2n) is 23.5. The van der Waals surface area contributed by atoms with Crippen LogP contribution in [0.5, 0.6) is 0 Å². The minimum absolute atomic E-state index is 0.0146. The highest BCUT2D eigenvalue weighted by Crippen LogP contribution is 2.41. The molecule has 0 radical (unpaired) electrons. The van der Waals surface area contributed by atoms with Crippen molar-refractivity contribution in [3.63, 3.8) is 0 Å². The lowest BCUT2D eigenvalue weighted by molar-refractivity contribution is -0.139. The van der Waals surface area contributed by atoms with Crippen LogP contribution < -0.4 is 10.6 Å². The van der Waals surface area contributed by atoms with Gasteiger partial charge in [-0.1, -0.05) is 152 Å². The number of likely N-dealkylation sites (tertiary alicyclic amines) is 3. The smallest absolute Gasteiger partial charge is 0.410 e. The Hall–Kier alpha value is -9.46. The van der Waals surface area contributed by atoms with Gasteiger partial charge >= 0.3 is 18.3 Å². The molecule has 3 aromatic heterocycles. The quantitative estimate of drug-likeness (QED) is 0.0689. The van der Waals surface area contributed by atoms with Crippen molar-refractivity contribution in [3.8, 4) is 32.1 Å². The number of hydrogen-bond donors (Lipinski definition) is 3. The van der Waals surface area contributed by atoms with E-state index < -0.39 is 30.3 Å². The minimum Gasteiger partial charge on any atom is -0.447 e. The minimum atomic E-state index is -0.981. The first-order valence-corrected chi connectivity index (χ1v) is 32.7. The monoisotopic (exact) mass is 1260 g/mol. The van der Waals surface area contributed by atoms with Gasteiger partial charge in [0.25, 0.3) is 11.8 Å². The van der Waals surface area contributed by atoms with E-state index in [1.165, 1.54) is 0 Å². The van der Waals surface area contributed by atoms with Crippen LogP contribution in [0.1, 0.15) is 123 Å². The number of ether oxygens (including phenoxy) is 3. The van der Waals surface area contributed by atoms with E-state index in [0.717, 1.165) is 96.4 Å². The molecule has 0 unspecified atom stereocenters. The Balaban J connectivity index is 0.000000271. The molecule has 91 heavy (non-hydrogen) atoms. The number of nitrogens with zero attached hydrogens (tertiary/aromatic N) is 5. The number of Topliss-reactive ketones (excluding diaryl/α,β-unsaturated/α-hetero) is 1. The van der Waals surface area contributed by atoms with Gasteiger partial charge in [0.1, 0.15) is 28.7 Å². The van der Waals surface area contributed by atoms with Crippen molar-refractivity contribution in [2.24, 2.45) is 0 Å². The van der Waals surface area contributed by atoms with E-state index in [9.17, 15) is 28.8 Å². The average molecular weight is 1260 g/mol. The molecule has 0 aliphatic carbocycles. The summed E-state index contributed by atoms with van der Waals surface area (Å²) in [7, 11) is 0. The maximum absolute atomic E-state index is 14.1. The van der Waals surface area contributed by atoms with E-state index in [0.29, 0.717) is 43.7 Å². The van der Waals surface area contributed by atoms with Crippen molar-refractivity contribution >= 4 is 69.5 Å². The van der Waals surface area contributed by atoms with Crippen molar-refractivity contribution in [2.45, 2.75) is 122 Å². The first kappa shape index (κ1) is 63.1. The number of nitrogens with one attached hydrogen (secondary N) is 3. The number of aromatic nitrogens is 3. The predicted octanol–water partition coefficient (Wildman–Crippen LogP) is 14.8. The summed E-state index contributed by atoms with van der Waals surface area (Å²) in [6.45, 7) is 9.03. The van der Waals surface area contributed by atoms with Crippen molar-refractivity contribution in [1.82, 2.24) is 40.3 Å². The normalized spacial score (nSPS) is 16.9. The molecule has 3 saturated heterocycles. The highest BCUT2D eigenvalue weighted by atomic mass is 32.1. The third-order valence-electron chi connectivity index (χ3n) is 16.3. The fraction of sp³-hybridized carbons (Fsp3) is 0.306. The molecule has 5 atom stereocenters. The number of fused-ring (bicyclic) bond motifs is 1. The van der Waals surface area contributed by atoms with E-state index in [-0.39, 0.29) is 54.4 Å². The lowest BCUT2D eigenvalue weighted by atomic mass is 9.99. The van der Waals surface area contributed by atoms with Crippen LogP contribution in [-0.2, 0) is 41.6 Å². The molecule has 3 aliphatic rings. The van der Waals surface area contributed by atoms with Crippen LogP contribution in [0, 0.1) is 0 Å². The van der Waals surface area contributed by atoms with Gasteiger partial charge in [0, 0.05) is 55.0 Å². The number of amides is 5. The third-order valence-corrected chi connectivity index (χ3v) is 18.6. The van der Waals surface area contributed by atoms with Gasteiger partial charge in [-0.15, -0.1) is 22.7 Å². The molecule has 9 aromatic rings. The summed E-state index contributed by atoms with van der Waals surface area (Å²) >= 11 is 3.22. The molecule has 468 valence electrons. The molecule has 3 N–H and O–H groups in total. The number of carbonyl (C=O) groups is 6. The fourth-order valence-corrected chi connectivity index (χ4v) is 14.1. The Bertz CT molecular complexity index is 3950. The summed E-state index contributed by atoms with van der Waals surface area (Å²) in [5.74, 6) is -0.575. The van der Waals surface area contributed by atoms with Gasteiger partial charge in [-0.05, 0) is 123 Å².